The molecular weight excluding hydrogens is 276 g/mol. The average molecular weight is 304 g/mol. The van der Waals surface area contributed by atoms with E-state index in [1.165, 1.54) is 5.57 Å². The maximum absolute atomic E-state index is 12.1. The van der Waals surface area contributed by atoms with E-state index in [9.17, 15) is 15.0 Å². The molecule has 2 unspecified atom stereocenters. The summed E-state index contributed by atoms with van der Waals surface area (Å²) in [7, 11) is 0. The van der Waals surface area contributed by atoms with Crippen molar-refractivity contribution in [3.63, 3.8) is 0 Å². The maximum atomic E-state index is 12.1. The molecule has 0 heterocycles. The van der Waals surface area contributed by atoms with E-state index in [0.717, 1.165) is 38.5 Å². The first-order valence-corrected chi connectivity index (χ1v) is 8.94. The Morgan fingerprint density at radius 2 is 1.86 bits per heavy atom. The van der Waals surface area contributed by atoms with Crippen LogP contribution in [0.15, 0.2) is 11.6 Å². The Labute approximate surface area is 132 Å². The van der Waals surface area contributed by atoms with Gasteiger partial charge in [-0.3, -0.25) is 4.79 Å². The van der Waals surface area contributed by atoms with Gasteiger partial charge in [0.2, 0.25) is 0 Å². The summed E-state index contributed by atoms with van der Waals surface area (Å²) in [5.74, 6) is 1.56. The number of allylic oxidation sites excluding steroid dienone is 1. The fourth-order valence-corrected chi connectivity index (χ4v) is 6.41. The van der Waals surface area contributed by atoms with Crippen molar-refractivity contribution < 1.29 is 15.0 Å². The van der Waals surface area contributed by atoms with Crippen LogP contribution >= 0.6 is 0 Å². The predicted octanol–water partition coefficient (Wildman–Crippen LogP) is 2.85. The van der Waals surface area contributed by atoms with Gasteiger partial charge >= 0.3 is 0 Å². The van der Waals surface area contributed by atoms with Gasteiger partial charge in [-0.05, 0) is 61.7 Å². The largest absolute Gasteiger partial charge is 0.393 e. The van der Waals surface area contributed by atoms with Gasteiger partial charge in [0, 0.05) is 11.8 Å². The van der Waals surface area contributed by atoms with E-state index in [0.29, 0.717) is 24.2 Å². The van der Waals surface area contributed by atoms with Gasteiger partial charge in [0.25, 0.3) is 0 Å². The van der Waals surface area contributed by atoms with Crippen LogP contribution in [-0.2, 0) is 4.79 Å². The molecule has 22 heavy (non-hydrogen) atoms. The number of Topliss-reactive ketones (excluding diaryl/α,β-unsaturated/α-hetero) is 1. The Bertz CT molecular complexity index is 539. The van der Waals surface area contributed by atoms with Gasteiger partial charge in [0.05, 0.1) is 6.10 Å². The van der Waals surface area contributed by atoms with Crippen molar-refractivity contribution in [2.75, 3.05) is 0 Å². The first-order chi connectivity index (χ1) is 10.4. The first kappa shape index (κ1) is 14.9. The molecule has 0 amide bonds. The summed E-state index contributed by atoms with van der Waals surface area (Å²) in [6, 6.07) is 0. The first-order valence-electron chi connectivity index (χ1n) is 8.94. The van der Waals surface area contributed by atoms with Crippen molar-refractivity contribution in [3.05, 3.63) is 11.6 Å². The molecule has 0 radical (unpaired) electrons. The molecule has 2 N–H and O–H groups in total. The van der Waals surface area contributed by atoms with Crippen molar-refractivity contribution in [3.8, 4) is 0 Å². The number of hydrogen-bond donors (Lipinski definition) is 2. The molecule has 0 saturated heterocycles. The molecule has 0 aromatic carbocycles. The third-order valence-corrected chi connectivity index (χ3v) is 7.87. The maximum Gasteiger partial charge on any atom is 0.162 e. The molecule has 3 saturated carbocycles. The predicted molar refractivity (Wildman–Crippen MR) is 84.1 cm³/mol. The molecule has 3 heteroatoms. The quantitative estimate of drug-likeness (QED) is 0.677. The molecule has 122 valence electrons. The Morgan fingerprint density at radius 1 is 1.09 bits per heavy atom. The van der Waals surface area contributed by atoms with E-state index in [4.69, 9.17) is 0 Å². The molecule has 4 aliphatic carbocycles. The van der Waals surface area contributed by atoms with E-state index in [-0.39, 0.29) is 22.7 Å². The number of aliphatic hydroxyl groups is 2. The van der Waals surface area contributed by atoms with Crippen molar-refractivity contribution in [1.29, 1.82) is 0 Å². The van der Waals surface area contributed by atoms with Gasteiger partial charge in [0.1, 0.15) is 6.10 Å². The van der Waals surface area contributed by atoms with E-state index >= 15 is 0 Å². The van der Waals surface area contributed by atoms with Gasteiger partial charge in [-0.1, -0.05) is 25.5 Å². The third kappa shape index (κ3) is 1.78. The van der Waals surface area contributed by atoms with Crippen molar-refractivity contribution >= 4 is 5.78 Å². The lowest BCUT2D eigenvalue weighted by atomic mass is 9.48. The van der Waals surface area contributed by atoms with Crippen LogP contribution in [0.5, 0.6) is 0 Å². The minimum Gasteiger partial charge on any atom is -0.393 e. The van der Waals surface area contributed by atoms with E-state index < -0.39 is 6.10 Å². The van der Waals surface area contributed by atoms with E-state index in [2.05, 4.69) is 19.9 Å². The minimum atomic E-state index is -0.746. The van der Waals surface area contributed by atoms with E-state index in [1.54, 1.807) is 0 Å². The zero-order valence-electron chi connectivity index (χ0n) is 13.7. The standard InChI is InChI=1S/C19H28O3/c1-18-7-5-12(20)9-11(18)3-4-13-14(18)6-8-19(2)15(13)10-16(21)17(19)22/h3,12-15,17,20,22H,4-10H2,1-2H3/t12?,13-,14-,15+,17?,18+,19+/m1/s1. The molecule has 4 aliphatic rings. The second kappa shape index (κ2) is 4.67. The lowest BCUT2D eigenvalue weighted by Crippen LogP contribution is -2.51. The summed E-state index contributed by atoms with van der Waals surface area (Å²) >= 11 is 0. The fraction of sp³-hybridized carbons (Fsp3) is 0.842. The molecule has 0 aromatic heterocycles. The van der Waals surface area contributed by atoms with Gasteiger partial charge in [-0.15, -0.1) is 0 Å². The number of carbonyl (C=O) groups excluding carboxylic acids is 1. The number of fused-ring (bicyclic) bond motifs is 5. The summed E-state index contributed by atoms with van der Waals surface area (Å²) in [5, 5.41) is 20.4. The van der Waals surface area contributed by atoms with Crippen molar-refractivity contribution in [2.24, 2.45) is 28.6 Å². The molecule has 7 atom stereocenters. The number of ketones is 1. The highest BCUT2D eigenvalue weighted by atomic mass is 16.3. The summed E-state index contributed by atoms with van der Waals surface area (Å²) in [4.78, 5) is 12.1. The SMILES string of the molecule is C[C@]12CCC(O)CC1=CC[C@@H]1[C@H]2CC[C@]2(C)C(O)C(=O)C[C@@H]12. The van der Waals surface area contributed by atoms with Crippen LogP contribution in [0.25, 0.3) is 0 Å². The monoisotopic (exact) mass is 304 g/mol. The Hall–Kier alpha value is -0.670. The molecule has 0 aromatic rings. The van der Waals surface area contributed by atoms with E-state index in [1.807, 2.05) is 0 Å². The van der Waals surface area contributed by atoms with Gasteiger partial charge in [-0.2, -0.15) is 0 Å². The van der Waals surface area contributed by atoms with Gasteiger partial charge < -0.3 is 10.2 Å². The summed E-state index contributed by atoms with van der Waals surface area (Å²) in [6.45, 7) is 4.52. The highest BCUT2D eigenvalue weighted by molar-refractivity contribution is 5.86. The van der Waals surface area contributed by atoms with Crippen LogP contribution in [0, 0.1) is 28.6 Å². The molecule has 3 fully saturated rings. The van der Waals surface area contributed by atoms with Crippen molar-refractivity contribution in [1.82, 2.24) is 0 Å². The summed E-state index contributed by atoms with van der Waals surface area (Å²) < 4.78 is 0. The van der Waals surface area contributed by atoms with Crippen LogP contribution in [0.1, 0.15) is 58.8 Å². The van der Waals surface area contributed by atoms with Crippen LogP contribution in [0.2, 0.25) is 0 Å². The number of rotatable bonds is 0. The second-order valence-corrected chi connectivity index (χ2v) is 8.77. The molecule has 0 aliphatic heterocycles. The van der Waals surface area contributed by atoms with Crippen LogP contribution in [0.3, 0.4) is 0 Å². The van der Waals surface area contributed by atoms with Crippen LogP contribution < -0.4 is 0 Å². The Kier molecular flexibility index (Phi) is 3.16. The zero-order valence-corrected chi connectivity index (χ0v) is 13.7. The normalized spacial score (nSPS) is 54.3. The lowest BCUT2D eigenvalue weighted by molar-refractivity contribution is -0.128. The van der Waals surface area contributed by atoms with Gasteiger partial charge in [0.15, 0.2) is 5.78 Å². The number of hydrogen-bond acceptors (Lipinski definition) is 3. The fourth-order valence-electron chi connectivity index (χ4n) is 6.41. The second-order valence-electron chi connectivity index (χ2n) is 8.77. The molecular formula is C19H28O3. The molecule has 0 bridgehead atoms. The molecule has 0 spiro atoms. The van der Waals surface area contributed by atoms with Crippen LogP contribution in [0.4, 0.5) is 0 Å². The Morgan fingerprint density at radius 3 is 2.64 bits per heavy atom. The number of carbonyl (C=O) groups is 1. The zero-order chi connectivity index (χ0) is 15.7. The van der Waals surface area contributed by atoms with Gasteiger partial charge in [-0.25, -0.2) is 0 Å². The highest BCUT2D eigenvalue weighted by Crippen LogP contribution is 2.64. The highest BCUT2D eigenvalue weighted by Gasteiger charge is 2.60. The lowest BCUT2D eigenvalue weighted by Gasteiger charge is -2.57. The molecule has 4 rings (SSSR count). The summed E-state index contributed by atoms with van der Waals surface area (Å²) in [6.07, 6.45) is 7.95. The number of aliphatic hydroxyl groups excluding tert-OH is 2. The van der Waals surface area contributed by atoms with Crippen molar-refractivity contribution in [2.45, 2.75) is 71.0 Å². The minimum absolute atomic E-state index is 0.0622. The molecule has 3 nitrogen and oxygen atoms in total. The average Bonchev–Trinajstić information content (AvgIpc) is 2.72. The van der Waals surface area contributed by atoms with Crippen LogP contribution in [-0.4, -0.2) is 28.2 Å². The smallest absolute Gasteiger partial charge is 0.162 e. The Balaban J connectivity index is 1.70. The topological polar surface area (TPSA) is 57.5 Å². The third-order valence-electron chi connectivity index (χ3n) is 7.87. The summed E-state index contributed by atoms with van der Waals surface area (Å²) in [5.41, 5.74) is 1.47.